The first-order valence-electron chi connectivity index (χ1n) is 6.97. The van der Waals surface area contributed by atoms with Crippen LogP contribution in [0.5, 0.6) is 0 Å². The monoisotopic (exact) mass is 225 g/mol. The minimum atomic E-state index is 0.302. The fourth-order valence-corrected chi connectivity index (χ4v) is 2.70. The van der Waals surface area contributed by atoms with Gasteiger partial charge in [-0.15, -0.1) is 0 Å². The Hall–Kier alpha value is -0.370. The lowest BCUT2D eigenvalue weighted by Crippen LogP contribution is -2.20. The maximum Gasteiger partial charge on any atom is 0.134 e. The van der Waals surface area contributed by atoms with Crippen LogP contribution in [0.15, 0.2) is 0 Å². The van der Waals surface area contributed by atoms with Gasteiger partial charge in [0.15, 0.2) is 0 Å². The van der Waals surface area contributed by atoms with Crippen molar-refractivity contribution in [2.45, 2.75) is 58.8 Å². The Kier molecular flexibility index (Phi) is 6.70. The van der Waals surface area contributed by atoms with Crippen molar-refractivity contribution in [2.75, 3.05) is 13.1 Å². The van der Waals surface area contributed by atoms with E-state index in [1.807, 2.05) is 0 Å². The fourth-order valence-electron chi connectivity index (χ4n) is 2.70. The van der Waals surface area contributed by atoms with Crippen LogP contribution in [0, 0.1) is 11.8 Å². The summed E-state index contributed by atoms with van der Waals surface area (Å²) >= 11 is 0. The number of Topliss-reactive ketones (excluding diaryl/α,β-unsaturated/α-hetero) is 1. The van der Waals surface area contributed by atoms with Crippen molar-refractivity contribution in [1.29, 1.82) is 0 Å². The van der Waals surface area contributed by atoms with Crippen molar-refractivity contribution in [2.24, 2.45) is 11.8 Å². The second-order valence-electron chi connectivity index (χ2n) is 5.19. The number of hydrogen-bond acceptors (Lipinski definition) is 2. The highest BCUT2D eigenvalue weighted by atomic mass is 16.1. The number of unbranched alkanes of at least 4 members (excludes halogenated alkanes) is 5. The number of carbonyl (C=O) groups excluding carboxylic acids is 1. The summed E-state index contributed by atoms with van der Waals surface area (Å²) in [5.74, 6) is 1.29. The quantitative estimate of drug-likeness (QED) is 0.643. The first-order valence-corrected chi connectivity index (χ1v) is 6.97. The van der Waals surface area contributed by atoms with Gasteiger partial charge in [0.1, 0.15) is 5.78 Å². The van der Waals surface area contributed by atoms with Crippen LogP contribution in [-0.4, -0.2) is 18.9 Å². The van der Waals surface area contributed by atoms with Crippen LogP contribution in [0.4, 0.5) is 0 Å². The standard InChI is InChI=1S/C14H27NO/c1-3-4-5-6-7-8-9-13-10-15-11-14(13)12(2)16/h13-15H,3-11H2,1-2H3/t13-,14+/m1/s1. The number of ketones is 1. The van der Waals surface area contributed by atoms with E-state index >= 15 is 0 Å². The highest BCUT2D eigenvalue weighted by molar-refractivity contribution is 5.79. The third-order valence-electron chi connectivity index (χ3n) is 3.79. The van der Waals surface area contributed by atoms with E-state index < -0.39 is 0 Å². The largest absolute Gasteiger partial charge is 0.316 e. The second kappa shape index (κ2) is 7.83. The van der Waals surface area contributed by atoms with Crippen molar-refractivity contribution >= 4 is 5.78 Å². The molecule has 0 saturated carbocycles. The SMILES string of the molecule is CCCCCCCC[C@@H]1CNC[C@H]1C(C)=O. The Labute approximate surface area is 100 Å². The minimum absolute atomic E-state index is 0.302. The minimum Gasteiger partial charge on any atom is -0.316 e. The normalized spacial score (nSPS) is 24.9. The molecule has 0 unspecified atom stereocenters. The molecule has 2 heteroatoms. The second-order valence-corrected chi connectivity index (χ2v) is 5.19. The molecule has 0 amide bonds. The highest BCUT2D eigenvalue weighted by Crippen LogP contribution is 2.23. The zero-order valence-corrected chi connectivity index (χ0v) is 10.9. The number of carbonyl (C=O) groups is 1. The van der Waals surface area contributed by atoms with Crippen molar-refractivity contribution in [1.82, 2.24) is 5.32 Å². The van der Waals surface area contributed by atoms with Crippen LogP contribution in [0.1, 0.15) is 58.8 Å². The first-order chi connectivity index (χ1) is 7.75. The summed E-state index contributed by atoms with van der Waals surface area (Å²) in [6, 6.07) is 0. The third kappa shape index (κ3) is 4.65. The maximum atomic E-state index is 11.4. The molecule has 0 aromatic rings. The van der Waals surface area contributed by atoms with E-state index in [0.29, 0.717) is 17.6 Å². The summed E-state index contributed by atoms with van der Waals surface area (Å²) in [7, 11) is 0. The highest BCUT2D eigenvalue weighted by Gasteiger charge is 2.29. The molecule has 1 aliphatic rings. The van der Waals surface area contributed by atoms with Gasteiger partial charge in [0.2, 0.25) is 0 Å². The Bertz CT molecular complexity index is 203. The average molecular weight is 225 g/mol. The Morgan fingerprint density at radius 3 is 2.50 bits per heavy atom. The van der Waals surface area contributed by atoms with E-state index in [1.165, 1.54) is 44.9 Å². The molecule has 1 rings (SSSR count). The lowest BCUT2D eigenvalue weighted by atomic mass is 9.88. The molecule has 0 aliphatic carbocycles. The topological polar surface area (TPSA) is 29.1 Å². The van der Waals surface area contributed by atoms with Gasteiger partial charge < -0.3 is 5.32 Å². The molecule has 94 valence electrons. The number of hydrogen-bond donors (Lipinski definition) is 1. The van der Waals surface area contributed by atoms with Gasteiger partial charge in [0, 0.05) is 12.5 Å². The van der Waals surface area contributed by atoms with Gasteiger partial charge in [0.05, 0.1) is 0 Å². The van der Waals surface area contributed by atoms with Crippen molar-refractivity contribution < 1.29 is 4.79 Å². The Morgan fingerprint density at radius 2 is 1.81 bits per heavy atom. The van der Waals surface area contributed by atoms with E-state index in [-0.39, 0.29) is 0 Å². The molecule has 0 bridgehead atoms. The third-order valence-corrected chi connectivity index (χ3v) is 3.79. The van der Waals surface area contributed by atoms with Gasteiger partial charge >= 0.3 is 0 Å². The molecule has 2 nitrogen and oxygen atoms in total. The fraction of sp³-hybridized carbons (Fsp3) is 0.929. The average Bonchev–Trinajstić information content (AvgIpc) is 2.71. The van der Waals surface area contributed by atoms with Crippen LogP contribution < -0.4 is 5.32 Å². The van der Waals surface area contributed by atoms with E-state index in [1.54, 1.807) is 6.92 Å². The summed E-state index contributed by atoms with van der Waals surface area (Å²) in [5.41, 5.74) is 0. The van der Waals surface area contributed by atoms with Crippen LogP contribution >= 0.6 is 0 Å². The molecule has 2 atom stereocenters. The molecule has 1 N–H and O–H groups in total. The molecule has 0 aromatic carbocycles. The molecule has 0 radical (unpaired) electrons. The van der Waals surface area contributed by atoms with Crippen LogP contribution in [0.25, 0.3) is 0 Å². The van der Waals surface area contributed by atoms with Gasteiger partial charge in [-0.05, 0) is 25.8 Å². The van der Waals surface area contributed by atoms with Crippen molar-refractivity contribution in [3.8, 4) is 0 Å². The molecular formula is C14H27NO. The molecule has 1 aliphatic heterocycles. The summed E-state index contributed by atoms with van der Waals surface area (Å²) in [5, 5.41) is 3.34. The van der Waals surface area contributed by atoms with Crippen LogP contribution in [0.2, 0.25) is 0 Å². The number of nitrogens with one attached hydrogen (secondary N) is 1. The molecule has 1 fully saturated rings. The van der Waals surface area contributed by atoms with Gasteiger partial charge in [-0.3, -0.25) is 4.79 Å². The Morgan fingerprint density at radius 1 is 1.12 bits per heavy atom. The Balaban J connectivity index is 2.05. The molecule has 1 saturated heterocycles. The van der Waals surface area contributed by atoms with Gasteiger partial charge in [-0.1, -0.05) is 45.4 Å². The van der Waals surface area contributed by atoms with Crippen LogP contribution in [-0.2, 0) is 4.79 Å². The zero-order chi connectivity index (χ0) is 11.8. The van der Waals surface area contributed by atoms with E-state index in [4.69, 9.17) is 0 Å². The predicted molar refractivity (Wildman–Crippen MR) is 68.5 cm³/mol. The lowest BCUT2D eigenvalue weighted by molar-refractivity contribution is -0.121. The summed E-state index contributed by atoms with van der Waals surface area (Å²) in [6.45, 7) is 5.96. The molecule has 0 spiro atoms. The van der Waals surface area contributed by atoms with E-state index in [2.05, 4.69) is 12.2 Å². The van der Waals surface area contributed by atoms with Crippen LogP contribution in [0.3, 0.4) is 0 Å². The lowest BCUT2D eigenvalue weighted by Gasteiger charge is -2.15. The summed E-state index contributed by atoms with van der Waals surface area (Å²) < 4.78 is 0. The summed E-state index contributed by atoms with van der Waals surface area (Å²) in [6.07, 6.45) is 9.35. The molecular weight excluding hydrogens is 198 g/mol. The number of rotatable bonds is 8. The van der Waals surface area contributed by atoms with Gasteiger partial charge in [0.25, 0.3) is 0 Å². The van der Waals surface area contributed by atoms with E-state index in [9.17, 15) is 4.79 Å². The maximum absolute atomic E-state index is 11.4. The molecule has 1 heterocycles. The van der Waals surface area contributed by atoms with Crippen molar-refractivity contribution in [3.63, 3.8) is 0 Å². The van der Waals surface area contributed by atoms with Gasteiger partial charge in [-0.2, -0.15) is 0 Å². The zero-order valence-electron chi connectivity index (χ0n) is 10.9. The van der Waals surface area contributed by atoms with E-state index in [0.717, 1.165) is 13.1 Å². The first kappa shape index (κ1) is 13.7. The predicted octanol–water partition coefficient (Wildman–Crippen LogP) is 3.16. The van der Waals surface area contributed by atoms with Gasteiger partial charge in [-0.25, -0.2) is 0 Å². The smallest absolute Gasteiger partial charge is 0.134 e. The molecule has 16 heavy (non-hydrogen) atoms. The molecule has 0 aromatic heterocycles. The summed E-state index contributed by atoms with van der Waals surface area (Å²) in [4.78, 5) is 11.4. The van der Waals surface area contributed by atoms with Crippen molar-refractivity contribution in [3.05, 3.63) is 0 Å².